The smallest absolute Gasteiger partial charge is 0.319 e. The molecule has 19 heavy (non-hydrogen) atoms. The summed E-state index contributed by atoms with van der Waals surface area (Å²) in [4.78, 5) is 24.0. The fourth-order valence-corrected chi connectivity index (χ4v) is 1.67. The van der Waals surface area contributed by atoms with Crippen molar-refractivity contribution < 1.29 is 4.79 Å². The number of hydrogen-bond donors (Lipinski definition) is 2. The monoisotopic (exact) mass is 266 g/mol. The summed E-state index contributed by atoms with van der Waals surface area (Å²) in [7, 11) is 1.77. The van der Waals surface area contributed by atoms with Gasteiger partial charge >= 0.3 is 6.03 Å². The van der Waals surface area contributed by atoms with Crippen LogP contribution >= 0.6 is 0 Å². The second-order valence-electron chi connectivity index (χ2n) is 5.45. The Morgan fingerprint density at radius 3 is 2.37 bits per heavy atom. The predicted octanol–water partition coefficient (Wildman–Crippen LogP) is 1.91. The SMILES string of the molecule is C/C=C/n1c(=O)c(NC(=O)NC(C)(C)C)c(C)n1C. The molecule has 0 atom stereocenters. The van der Waals surface area contributed by atoms with Crippen LogP contribution in [0.5, 0.6) is 0 Å². The lowest BCUT2D eigenvalue weighted by molar-refractivity contribution is 0.244. The van der Waals surface area contributed by atoms with Gasteiger partial charge in [0.25, 0.3) is 5.56 Å². The van der Waals surface area contributed by atoms with Crippen LogP contribution in [0.15, 0.2) is 10.9 Å². The molecule has 1 aromatic rings. The van der Waals surface area contributed by atoms with Gasteiger partial charge in [-0.1, -0.05) is 6.08 Å². The lowest BCUT2D eigenvalue weighted by Gasteiger charge is -2.20. The van der Waals surface area contributed by atoms with Crippen LogP contribution in [0.1, 0.15) is 33.4 Å². The zero-order valence-corrected chi connectivity index (χ0v) is 12.4. The van der Waals surface area contributed by atoms with Crippen molar-refractivity contribution in [3.63, 3.8) is 0 Å². The minimum absolute atomic E-state index is 0.248. The molecule has 0 radical (unpaired) electrons. The van der Waals surface area contributed by atoms with Crippen molar-refractivity contribution in [1.82, 2.24) is 14.7 Å². The van der Waals surface area contributed by atoms with Crippen LogP contribution in [0.3, 0.4) is 0 Å². The van der Waals surface area contributed by atoms with Gasteiger partial charge in [0.1, 0.15) is 5.69 Å². The third-order valence-corrected chi connectivity index (χ3v) is 2.61. The molecule has 1 rings (SSSR count). The molecule has 0 unspecified atom stereocenters. The molecular weight excluding hydrogens is 244 g/mol. The molecule has 1 heterocycles. The Morgan fingerprint density at radius 1 is 1.32 bits per heavy atom. The number of hydrogen-bond acceptors (Lipinski definition) is 2. The van der Waals surface area contributed by atoms with Crippen molar-refractivity contribution in [2.75, 3.05) is 5.32 Å². The number of carbonyl (C=O) groups is 1. The highest BCUT2D eigenvalue weighted by molar-refractivity contribution is 5.90. The first-order valence-corrected chi connectivity index (χ1v) is 6.17. The Morgan fingerprint density at radius 2 is 1.89 bits per heavy atom. The Labute approximate surface area is 113 Å². The van der Waals surface area contributed by atoms with E-state index < -0.39 is 0 Å². The maximum Gasteiger partial charge on any atom is 0.319 e. The molecule has 0 aliphatic heterocycles. The Kier molecular flexibility index (Phi) is 4.24. The van der Waals surface area contributed by atoms with E-state index in [9.17, 15) is 9.59 Å². The number of rotatable bonds is 2. The first kappa shape index (κ1) is 15.1. The molecule has 6 heteroatoms. The number of carbonyl (C=O) groups excluding carboxylic acids is 1. The highest BCUT2D eigenvalue weighted by atomic mass is 16.2. The summed E-state index contributed by atoms with van der Waals surface area (Å²) in [6, 6.07) is -0.383. The number of amides is 2. The summed E-state index contributed by atoms with van der Waals surface area (Å²) in [5.74, 6) is 0. The average Bonchev–Trinajstić information content (AvgIpc) is 2.44. The van der Waals surface area contributed by atoms with E-state index in [4.69, 9.17) is 0 Å². The second kappa shape index (κ2) is 5.34. The Balaban J connectivity index is 3.07. The summed E-state index contributed by atoms with van der Waals surface area (Å²) < 4.78 is 3.14. The van der Waals surface area contributed by atoms with E-state index in [0.717, 1.165) is 0 Å². The number of aromatic nitrogens is 2. The molecule has 2 amide bonds. The Hall–Kier alpha value is -1.98. The molecule has 0 aromatic carbocycles. The van der Waals surface area contributed by atoms with Crippen LogP contribution in [-0.2, 0) is 7.05 Å². The van der Waals surface area contributed by atoms with E-state index >= 15 is 0 Å². The molecule has 2 N–H and O–H groups in total. The van der Waals surface area contributed by atoms with Gasteiger partial charge in [0.15, 0.2) is 0 Å². The molecule has 0 saturated carbocycles. The third-order valence-electron chi connectivity index (χ3n) is 2.61. The standard InChI is InChI=1S/C13H22N4O2/c1-7-8-17-11(18)10(9(2)16(17)6)14-12(19)15-13(3,4)5/h7-8H,1-6H3,(H2,14,15,19)/b8-7+. The Bertz CT molecular complexity index is 558. The summed E-state index contributed by atoms with van der Waals surface area (Å²) in [6.07, 6.45) is 3.42. The molecule has 0 aliphatic carbocycles. The van der Waals surface area contributed by atoms with Crippen molar-refractivity contribution in [1.29, 1.82) is 0 Å². The summed E-state index contributed by atoms with van der Waals surface area (Å²) in [5, 5.41) is 5.37. The fourth-order valence-electron chi connectivity index (χ4n) is 1.67. The van der Waals surface area contributed by atoms with Crippen LogP contribution in [-0.4, -0.2) is 20.9 Å². The van der Waals surface area contributed by atoms with Crippen molar-refractivity contribution in [2.24, 2.45) is 7.05 Å². The zero-order valence-electron chi connectivity index (χ0n) is 12.4. The van der Waals surface area contributed by atoms with E-state index in [1.807, 2.05) is 27.7 Å². The van der Waals surface area contributed by atoms with Crippen LogP contribution in [0, 0.1) is 6.92 Å². The van der Waals surface area contributed by atoms with Gasteiger partial charge in [0, 0.05) is 18.8 Å². The molecular formula is C13H22N4O2. The summed E-state index contributed by atoms with van der Waals surface area (Å²) >= 11 is 0. The summed E-state index contributed by atoms with van der Waals surface area (Å²) in [5.41, 5.74) is 0.395. The topological polar surface area (TPSA) is 68.1 Å². The molecule has 0 spiro atoms. The van der Waals surface area contributed by atoms with Crippen LogP contribution in [0.25, 0.3) is 6.20 Å². The molecule has 106 valence electrons. The van der Waals surface area contributed by atoms with E-state index in [0.29, 0.717) is 11.4 Å². The average molecular weight is 266 g/mol. The van der Waals surface area contributed by atoms with Gasteiger partial charge in [-0.05, 0) is 34.6 Å². The molecule has 0 saturated heterocycles. The molecule has 0 aliphatic rings. The number of nitrogens with one attached hydrogen (secondary N) is 2. The van der Waals surface area contributed by atoms with Gasteiger partial charge in [-0.3, -0.25) is 9.48 Å². The maximum atomic E-state index is 12.2. The van der Waals surface area contributed by atoms with Gasteiger partial charge in [-0.25, -0.2) is 9.48 Å². The predicted molar refractivity (Wildman–Crippen MR) is 77.3 cm³/mol. The van der Waals surface area contributed by atoms with Crippen LogP contribution < -0.4 is 16.2 Å². The minimum Gasteiger partial charge on any atom is -0.333 e. The fraction of sp³-hybridized carbons (Fsp3) is 0.538. The van der Waals surface area contributed by atoms with Crippen LogP contribution in [0.4, 0.5) is 10.5 Å². The van der Waals surface area contributed by atoms with E-state index in [1.54, 1.807) is 30.9 Å². The highest BCUT2D eigenvalue weighted by Crippen LogP contribution is 2.10. The molecule has 6 nitrogen and oxygen atoms in total. The zero-order chi connectivity index (χ0) is 14.8. The molecule has 0 fully saturated rings. The maximum absolute atomic E-state index is 12.2. The van der Waals surface area contributed by atoms with Crippen molar-refractivity contribution in [3.8, 4) is 0 Å². The quantitative estimate of drug-likeness (QED) is 0.858. The van der Waals surface area contributed by atoms with Crippen LogP contribution in [0.2, 0.25) is 0 Å². The summed E-state index contributed by atoms with van der Waals surface area (Å²) in [6.45, 7) is 9.25. The number of urea groups is 1. The largest absolute Gasteiger partial charge is 0.333 e. The lowest BCUT2D eigenvalue weighted by atomic mass is 10.1. The van der Waals surface area contributed by atoms with Crippen molar-refractivity contribution in [3.05, 3.63) is 22.1 Å². The second-order valence-corrected chi connectivity index (χ2v) is 5.45. The normalized spacial score (nSPS) is 11.9. The highest BCUT2D eigenvalue weighted by Gasteiger charge is 2.18. The van der Waals surface area contributed by atoms with Gasteiger partial charge in [0.2, 0.25) is 0 Å². The number of nitrogens with zero attached hydrogens (tertiary/aromatic N) is 2. The first-order valence-electron chi connectivity index (χ1n) is 6.17. The van der Waals surface area contributed by atoms with E-state index in [1.165, 1.54) is 4.68 Å². The molecule has 1 aromatic heterocycles. The number of anilines is 1. The number of allylic oxidation sites excluding steroid dienone is 1. The third kappa shape index (κ3) is 3.49. The van der Waals surface area contributed by atoms with E-state index in [-0.39, 0.29) is 17.1 Å². The van der Waals surface area contributed by atoms with Gasteiger partial charge in [-0.15, -0.1) is 0 Å². The van der Waals surface area contributed by atoms with Gasteiger partial charge in [0.05, 0.1) is 5.69 Å². The lowest BCUT2D eigenvalue weighted by Crippen LogP contribution is -2.43. The molecule has 0 bridgehead atoms. The van der Waals surface area contributed by atoms with Crippen molar-refractivity contribution >= 4 is 17.9 Å². The minimum atomic E-state index is -0.383. The first-order chi connectivity index (χ1) is 8.67. The van der Waals surface area contributed by atoms with Gasteiger partial charge < -0.3 is 10.6 Å². The van der Waals surface area contributed by atoms with Crippen molar-refractivity contribution in [2.45, 2.75) is 40.2 Å². The van der Waals surface area contributed by atoms with Gasteiger partial charge in [-0.2, -0.15) is 0 Å². The van der Waals surface area contributed by atoms with E-state index in [2.05, 4.69) is 10.6 Å².